The second kappa shape index (κ2) is 7.03. The van der Waals surface area contributed by atoms with Gasteiger partial charge in [0.1, 0.15) is 5.82 Å². The van der Waals surface area contributed by atoms with Gasteiger partial charge in [-0.15, -0.1) is 29.9 Å². The molecule has 2 rings (SSSR count). The van der Waals surface area contributed by atoms with Crippen molar-refractivity contribution in [1.29, 1.82) is 0 Å². The number of rotatable bonds is 3. The first-order valence-electron chi connectivity index (χ1n) is 4.47. The Balaban J connectivity index is 0.00000112. The van der Waals surface area contributed by atoms with Gasteiger partial charge in [-0.25, -0.2) is 0 Å². The molecule has 2 aromatic heterocycles. The lowest BCUT2D eigenvalue weighted by atomic mass is 10.4. The molecule has 0 aliphatic carbocycles. The van der Waals surface area contributed by atoms with E-state index in [0.717, 1.165) is 18.1 Å². The number of aromatic nitrogens is 4. The first-order valence-corrected chi connectivity index (χ1v) is 4.47. The third kappa shape index (κ3) is 3.08. The largest absolute Gasteiger partial charge is 0.369 e. The molecule has 0 amide bonds. The van der Waals surface area contributed by atoms with Crippen LogP contribution in [0.5, 0.6) is 0 Å². The van der Waals surface area contributed by atoms with Crippen LogP contribution in [0.4, 0.5) is 5.82 Å². The molecule has 0 aromatic carbocycles. The van der Waals surface area contributed by atoms with Crippen LogP contribution in [-0.4, -0.2) is 26.5 Å². The Morgan fingerprint density at radius 1 is 1.31 bits per heavy atom. The van der Waals surface area contributed by atoms with Gasteiger partial charge in [0.15, 0.2) is 0 Å². The smallest absolute Gasteiger partial charge is 0.150 e. The van der Waals surface area contributed by atoms with E-state index < -0.39 is 0 Å². The van der Waals surface area contributed by atoms with Crippen molar-refractivity contribution in [3.63, 3.8) is 0 Å². The quantitative estimate of drug-likeness (QED) is 0.918. The Labute approximate surface area is 106 Å². The maximum absolute atomic E-state index is 4.03. The molecule has 0 bridgehead atoms. The number of nitrogens with one attached hydrogen (secondary N) is 1. The summed E-state index contributed by atoms with van der Waals surface area (Å²) in [7, 11) is 0. The molecule has 0 aliphatic heterocycles. The van der Waals surface area contributed by atoms with Crippen LogP contribution in [0.3, 0.4) is 0 Å². The van der Waals surface area contributed by atoms with E-state index in [-0.39, 0.29) is 24.8 Å². The van der Waals surface area contributed by atoms with Gasteiger partial charge in [-0.3, -0.25) is 4.98 Å². The number of anilines is 1. The van der Waals surface area contributed by atoms with Crippen LogP contribution in [0.2, 0.25) is 0 Å². The van der Waals surface area contributed by atoms with Crippen LogP contribution < -0.4 is 5.32 Å². The van der Waals surface area contributed by atoms with Crippen LogP contribution in [-0.2, 0) is 0 Å². The van der Waals surface area contributed by atoms with Gasteiger partial charge in [-0.05, 0) is 19.1 Å². The zero-order valence-corrected chi connectivity index (χ0v) is 10.3. The molecule has 0 atom stereocenters. The SMILES string of the molecule is CCNc1cnnn1-c1cccnc1.Cl.Cl. The fourth-order valence-electron chi connectivity index (χ4n) is 1.21. The van der Waals surface area contributed by atoms with Gasteiger partial charge in [0, 0.05) is 12.7 Å². The standard InChI is InChI=1S/C9H11N5.2ClH/c1-2-11-9-7-12-13-14(9)8-4-3-5-10-6-8;;/h3-7,11H,2H2,1H3;2*1H. The van der Waals surface area contributed by atoms with Crippen LogP contribution in [0, 0.1) is 0 Å². The molecule has 0 spiro atoms. The van der Waals surface area contributed by atoms with Crippen molar-refractivity contribution in [1.82, 2.24) is 20.0 Å². The summed E-state index contributed by atoms with van der Waals surface area (Å²) in [5.74, 6) is 0.875. The number of hydrogen-bond donors (Lipinski definition) is 1. The van der Waals surface area contributed by atoms with E-state index in [0.29, 0.717) is 0 Å². The van der Waals surface area contributed by atoms with E-state index in [2.05, 4.69) is 20.6 Å². The van der Waals surface area contributed by atoms with Gasteiger partial charge in [-0.1, -0.05) is 5.21 Å². The van der Waals surface area contributed by atoms with Gasteiger partial charge in [-0.2, -0.15) is 4.68 Å². The summed E-state index contributed by atoms with van der Waals surface area (Å²) in [6, 6.07) is 3.80. The van der Waals surface area contributed by atoms with Crippen molar-refractivity contribution in [2.24, 2.45) is 0 Å². The number of hydrogen-bond acceptors (Lipinski definition) is 4. The molecule has 0 unspecified atom stereocenters. The van der Waals surface area contributed by atoms with Crippen LogP contribution in [0.1, 0.15) is 6.92 Å². The van der Waals surface area contributed by atoms with Gasteiger partial charge in [0.05, 0.1) is 18.1 Å². The minimum absolute atomic E-state index is 0. The average molecular weight is 262 g/mol. The highest BCUT2D eigenvalue weighted by molar-refractivity contribution is 5.85. The third-order valence-electron chi connectivity index (χ3n) is 1.80. The molecular weight excluding hydrogens is 249 g/mol. The Morgan fingerprint density at radius 3 is 2.75 bits per heavy atom. The molecule has 88 valence electrons. The highest BCUT2D eigenvalue weighted by atomic mass is 35.5. The lowest BCUT2D eigenvalue weighted by Gasteiger charge is -2.05. The fraction of sp³-hybridized carbons (Fsp3) is 0.222. The Kier molecular flexibility index (Phi) is 6.44. The van der Waals surface area contributed by atoms with Crippen molar-refractivity contribution in [3.8, 4) is 5.69 Å². The summed E-state index contributed by atoms with van der Waals surface area (Å²) < 4.78 is 1.72. The Morgan fingerprint density at radius 2 is 2.12 bits per heavy atom. The number of nitrogens with zero attached hydrogens (tertiary/aromatic N) is 4. The summed E-state index contributed by atoms with van der Waals surface area (Å²) in [6.07, 6.45) is 5.17. The Bertz CT molecular complexity index is 403. The molecule has 2 aromatic rings. The van der Waals surface area contributed by atoms with Gasteiger partial charge in [0.25, 0.3) is 0 Å². The summed E-state index contributed by atoms with van der Waals surface area (Å²) in [5.41, 5.74) is 0.904. The summed E-state index contributed by atoms with van der Waals surface area (Å²) >= 11 is 0. The van der Waals surface area contributed by atoms with E-state index >= 15 is 0 Å². The van der Waals surface area contributed by atoms with Crippen molar-refractivity contribution >= 4 is 30.6 Å². The maximum Gasteiger partial charge on any atom is 0.150 e. The number of pyridine rings is 1. The predicted octanol–water partition coefficient (Wildman–Crippen LogP) is 1.94. The molecule has 7 heteroatoms. The first-order chi connectivity index (χ1) is 6.92. The molecular formula is C9H13Cl2N5. The topological polar surface area (TPSA) is 55.6 Å². The minimum atomic E-state index is 0. The molecule has 5 nitrogen and oxygen atoms in total. The van der Waals surface area contributed by atoms with E-state index in [4.69, 9.17) is 0 Å². The monoisotopic (exact) mass is 261 g/mol. The van der Waals surface area contributed by atoms with Crippen LogP contribution in [0.15, 0.2) is 30.7 Å². The van der Waals surface area contributed by atoms with Crippen LogP contribution in [0.25, 0.3) is 5.69 Å². The molecule has 0 aliphatic rings. The van der Waals surface area contributed by atoms with Gasteiger partial charge < -0.3 is 5.32 Å². The van der Waals surface area contributed by atoms with E-state index in [1.54, 1.807) is 23.3 Å². The van der Waals surface area contributed by atoms with Crippen molar-refractivity contribution < 1.29 is 0 Å². The minimum Gasteiger partial charge on any atom is -0.369 e. The van der Waals surface area contributed by atoms with Crippen molar-refractivity contribution in [3.05, 3.63) is 30.7 Å². The highest BCUT2D eigenvalue weighted by Gasteiger charge is 2.03. The molecule has 16 heavy (non-hydrogen) atoms. The van der Waals surface area contributed by atoms with Gasteiger partial charge >= 0.3 is 0 Å². The number of halogens is 2. The zero-order valence-electron chi connectivity index (χ0n) is 8.70. The fourth-order valence-corrected chi connectivity index (χ4v) is 1.21. The second-order valence-corrected chi connectivity index (χ2v) is 2.77. The molecule has 0 saturated heterocycles. The Hall–Kier alpha value is -1.33. The zero-order chi connectivity index (χ0) is 9.80. The summed E-state index contributed by atoms with van der Waals surface area (Å²) in [6.45, 7) is 2.87. The highest BCUT2D eigenvalue weighted by Crippen LogP contribution is 2.10. The molecule has 2 heterocycles. The molecule has 0 fully saturated rings. The van der Waals surface area contributed by atoms with Crippen molar-refractivity contribution in [2.75, 3.05) is 11.9 Å². The molecule has 0 radical (unpaired) electrons. The third-order valence-corrected chi connectivity index (χ3v) is 1.80. The van der Waals surface area contributed by atoms with Crippen molar-refractivity contribution in [2.45, 2.75) is 6.92 Å². The van der Waals surface area contributed by atoms with E-state index in [1.165, 1.54) is 0 Å². The molecule has 1 N–H and O–H groups in total. The van der Waals surface area contributed by atoms with E-state index in [9.17, 15) is 0 Å². The average Bonchev–Trinajstić information content (AvgIpc) is 2.68. The normalized spacial score (nSPS) is 8.81. The lowest BCUT2D eigenvalue weighted by Crippen LogP contribution is -2.05. The predicted molar refractivity (Wildman–Crippen MR) is 67.8 cm³/mol. The lowest BCUT2D eigenvalue weighted by molar-refractivity contribution is 0.801. The first kappa shape index (κ1) is 14.7. The second-order valence-electron chi connectivity index (χ2n) is 2.77. The summed E-state index contributed by atoms with van der Waals surface area (Å²) in [5, 5.41) is 11.0. The molecule has 0 saturated carbocycles. The summed E-state index contributed by atoms with van der Waals surface area (Å²) in [4.78, 5) is 4.03. The van der Waals surface area contributed by atoms with E-state index in [1.807, 2.05) is 19.1 Å². The van der Waals surface area contributed by atoms with Gasteiger partial charge in [0.2, 0.25) is 0 Å². The maximum atomic E-state index is 4.03. The van der Waals surface area contributed by atoms with Crippen LogP contribution >= 0.6 is 24.8 Å².